The molecule has 0 radical (unpaired) electrons. The Labute approximate surface area is 92.1 Å². The molecular weight excluding hydrogens is 243 g/mol. The highest BCUT2D eigenvalue weighted by Gasteiger charge is 2.16. The predicted octanol–water partition coefficient (Wildman–Crippen LogP) is 1.09. The minimum absolute atomic E-state index is 0.226. The highest BCUT2D eigenvalue weighted by Crippen LogP contribution is 2.60. The van der Waals surface area contributed by atoms with Gasteiger partial charge in [0.15, 0.2) is 0 Å². The molecule has 4 nitrogen and oxygen atoms in total. The maximum absolute atomic E-state index is 10.8. The standard InChI is InChI=1S/C7H13O4PS2/c1-6(3-7(10)11-2)14-12(13,4-8)5-9/h3,8-9H,4-5H2,1-2H3/b6-3+. The van der Waals surface area contributed by atoms with E-state index >= 15 is 0 Å². The zero-order valence-electron chi connectivity index (χ0n) is 7.97. The molecule has 0 aliphatic carbocycles. The monoisotopic (exact) mass is 256 g/mol. The molecule has 0 spiro atoms. The van der Waals surface area contributed by atoms with Crippen LogP contribution < -0.4 is 0 Å². The molecule has 0 fully saturated rings. The number of carbonyl (C=O) groups is 1. The SMILES string of the molecule is COC(=O)/C=C(\C)SP(=S)(CO)CO. The number of esters is 1. The first kappa shape index (κ1) is 14.1. The van der Waals surface area contributed by atoms with Crippen molar-refractivity contribution in [1.29, 1.82) is 0 Å². The van der Waals surface area contributed by atoms with Gasteiger partial charge in [-0.2, -0.15) is 0 Å². The van der Waals surface area contributed by atoms with Crippen molar-refractivity contribution in [2.24, 2.45) is 0 Å². The van der Waals surface area contributed by atoms with E-state index < -0.39 is 11.2 Å². The van der Waals surface area contributed by atoms with Crippen LogP contribution in [0.25, 0.3) is 0 Å². The average molecular weight is 256 g/mol. The van der Waals surface area contributed by atoms with Gasteiger partial charge in [0.1, 0.15) is 0 Å². The summed E-state index contributed by atoms with van der Waals surface area (Å²) in [5.74, 6) is -0.465. The van der Waals surface area contributed by atoms with Crippen LogP contribution in [0.4, 0.5) is 0 Å². The van der Waals surface area contributed by atoms with Crippen molar-refractivity contribution in [2.45, 2.75) is 6.92 Å². The second-order valence-corrected chi connectivity index (χ2v) is 10.9. The van der Waals surface area contributed by atoms with Crippen LogP contribution in [0.1, 0.15) is 6.92 Å². The van der Waals surface area contributed by atoms with E-state index in [0.29, 0.717) is 4.91 Å². The molecule has 0 saturated carbocycles. The van der Waals surface area contributed by atoms with Crippen LogP contribution in [-0.4, -0.2) is 36.0 Å². The summed E-state index contributed by atoms with van der Waals surface area (Å²) in [6, 6.07) is 0. The van der Waals surface area contributed by atoms with Crippen LogP contribution in [0.15, 0.2) is 11.0 Å². The van der Waals surface area contributed by atoms with Crippen molar-refractivity contribution in [3.05, 3.63) is 11.0 Å². The van der Waals surface area contributed by atoms with Gasteiger partial charge in [0.25, 0.3) is 0 Å². The summed E-state index contributed by atoms with van der Waals surface area (Å²) in [5, 5.41) is 15.7. The number of rotatable bonds is 5. The van der Waals surface area contributed by atoms with Gasteiger partial charge >= 0.3 is 5.97 Å². The molecule has 0 amide bonds. The maximum atomic E-state index is 10.8. The van der Waals surface area contributed by atoms with Crippen LogP contribution in [0.3, 0.4) is 0 Å². The first-order valence-electron chi connectivity index (χ1n) is 3.73. The van der Waals surface area contributed by atoms with Gasteiger partial charge in [0.05, 0.1) is 25.0 Å². The molecule has 0 aromatic carbocycles. The largest absolute Gasteiger partial charge is 0.466 e. The van der Waals surface area contributed by atoms with E-state index in [1.165, 1.54) is 24.6 Å². The highest BCUT2D eigenvalue weighted by atomic mass is 32.9. The summed E-state index contributed by atoms with van der Waals surface area (Å²) in [6.07, 6.45) is 0.836. The van der Waals surface area contributed by atoms with Crippen molar-refractivity contribution in [3.63, 3.8) is 0 Å². The highest BCUT2D eigenvalue weighted by molar-refractivity contribution is 8.72. The number of carbonyl (C=O) groups excluding carboxylic acids is 1. The van der Waals surface area contributed by atoms with Crippen LogP contribution in [-0.2, 0) is 21.3 Å². The number of hydrogen-bond donors (Lipinski definition) is 2. The van der Waals surface area contributed by atoms with Gasteiger partial charge in [0.2, 0.25) is 0 Å². The average Bonchev–Trinajstić information content (AvgIpc) is 2.17. The lowest BCUT2D eigenvalue weighted by molar-refractivity contribution is -0.134. The molecule has 0 aliphatic rings. The van der Waals surface area contributed by atoms with Gasteiger partial charge in [0, 0.05) is 6.08 Å². The quantitative estimate of drug-likeness (QED) is 0.436. The number of hydrogen-bond acceptors (Lipinski definition) is 6. The molecule has 0 aliphatic heterocycles. The van der Waals surface area contributed by atoms with E-state index in [0.717, 1.165) is 0 Å². The van der Waals surface area contributed by atoms with Crippen molar-refractivity contribution in [2.75, 3.05) is 19.8 Å². The van der Waals surface area contributed by atoms with Crippen LogP contribution in [0.5, 0.6) is 0 Å². The third-order valence-electron chi connectivity index (χ3n) is 1.26. The minimum Gasteiger partial charge on any atom is -0.466 e. The molecule has 14 heavy (non-hydrogen) atoms. The Morgan fingerprint density at radius 3 is 2.43 bits per heavy atom. The van der Waals surface area contributed by atoms with Gasteiger partial charge in [-0.3, -0.25) is 0 Å². The lowest BCUT2D eigenvalue weighted by Gasteiger charge is -2.15. The van der Waals surface area contributed by atoms with Gasteiger partial charge in [-0.25, -0.2) is 4.79 Å². The number of aliphatic hydroxyl groups is 2. The summed E-state index contributed by atoms with van der Waals surface area (Å²) in [6.45, 7) is 1.69. The Morgan fingerprint density at radius 1 is 1.57 bits per heavy atom. The van der Waals surface area contributed by atoms with Gasteiger partial charge in [-0.1, -0.05) is 23.2 Å². The fraction of sp³-hybridized carbons (Fsp3) is 0.571. The number of allylic oxidation sites excluding steroid dienone is 1. The number of ether oxygens (including phenoxy) is 1. The molecule has 2 N–H and O–H groups in total. The van der Waals surface area contributed by atoms with E-state index in [9.17, 15) is 4.79 Å². The first-order chi connectivity index (χ1) is 6.47. The van der Waals surface area contributed by atoms with Gasteiger partial charge in [-0.05, 0) is 11.8 Å². The number of aliphatic hydroxyl groups excluding tert-OH is 2. The summed E-state index contributed by atoms with van der Waals surface area (Å²) < 4.78 is 4.43. The molecule has 0 aromatic rings. The molecule has 82 valence electrons. The molecule has 0 unspecified atom stereocenters. The topological polar surface area (TPSA) is 66.8 Å². The van der Waals surface area contributed by atoms with Gasteiger partial charge in [-0.15, -0.1) is 0 Å². The van der Waals surface area contributed by atoms with Crippen molar-refractivity contribution >= 4 is 34.4 Å². The molecule has 0 bridgehead atoms. The lowest BCUT2D eigenvalue weighted by atomic mass is 10.5. The minimum atomic E-state index is -2.22. The van der Waals surface area contributed by atoms with Gasteiger partial charge < -0.3 is 14.9 Å². The van der Waals surface area contributed by atoms with Crippen LogP contribution >= 0.6 is 16.6 Å². The molecule has 0 saturated heterocycles. The Morgan fingerprint density at radius 2 is 2.07 bits per heavy atom. The third kappa shape index (κ3) is 5.12. The summed E-state index contributed by atoms with van der Waals surface area (Å²) in [4.78, 5) is 11.5. The van der Waals surface area contributed by atoms with Crippen LogP contribution in [0.2, 0.25) is 0 Å². The maximum Gasteiger partial charge on any atom is 0.331 e. The van der Waals surface area contributed by atoms with Crippen molar-refractivity contribution < 1.29 is 19.7 Å². The summed E-state index contributed by atoms with van der Waals surface area (Å²) in [7, 11) is 1.28. The summed E-state index contributed by atoms with van der Waals surface area (Å²) in [5.41, 5.74) is 0. The van der Waals surface area contributed by atoms with E-state index in [4.69, 9.17) is 22.0 Å². The molecule has 0 atom stereocenters. The number of methoxy groups -OCH3 is 1. The van der Waals surface area contributed by atoms with Crippen LogP contribution in [0, 0.1) is 0 Å². The van der Waals surface area contributed by atoms with E-state index in [1.54, 1.807) is 6.92 Å². The van der Waals surface area contributed by atoms with E-state index in [-0.39, 0.29) is 12.7 Å². The Bertz CT molecular complexity index is 269. The zero-order valence-corrected chi connectivity index (χ0v) is 10.5. The van der Waals surface area contributed by atoms with E-state index in [1.807, 2.05) is 0 Å². The Kier molecular flexibility index (Phi) is 6.64. The predicted molar refractivity (Wildman–Crippen MR) is 61.8 cm³/mol. The first-order valence-corrected chi connectivity index (χ1v) is 8.32. The summed E-state index contributed by atoms with van der Waals surface area (Å²) >= 11 is 6.23. The van der Waals surface area contributed by atoms with E-state index in [2.05, 4.69) is 4.74 Å². The second-order valence-electron chi connectivity index (χ2n) is 2.47. The Balaban J connectivity index is 4.44. The normalized spacial score (nSPS) is 12.7. The molecule has 0 heterocycles. The second kappa shape index (κ2) is 6.58. The lowest BCUT2D eigenvalue weighted by Crippen LogP contribution is -1.95. The zero-order chi connectivity index (χ0) is 11.2. The Hall–Kier alpha value is 0.130. The molecular formula is C7H13O4PS2. The molecule has 0 aromatic heterocycles. The third-order valence-corrected chi connectivity index (χ3v) is 6.78. The molecule has 0 rings (SSSR count). The smallest absolute Gasteiger partial charge is 0.331 e. The van der Waals surface area contributed by atoms with Crippen molar-refractivity contribution in [1.82, 2.24) is 0 Å². The fourth-order valence-electron chi connectivity index (χ4n) is 0.616. The fourth-order valence-corrected chi connectivity index (χ4v) is 4.63. The molecule has 7 heteroatoms. The van der Waals surface area contributed by atoms with Crippen molar-refractivity contribution in [3.8, 4) is 0 Å².